The molecular weight excluding hydrogens is 220 g/mol. The summed E-state index contributed by atoms with van der Waals surface area (Å²) < 4.78 is 0. The fraction of sp³-hybridized carbons (Fsp3) is 0.625. The van der Waals surface area contributed by atoms with E-state index in [0.717, 1.165) is 12.5 Å². The predicted molar refractivity (Wildman–Crippen MR) is 78.9 cm³/mol. The van der Waals surface area contributed by atoms with E-state index < -0.39 is 0 Å². The van der Waals surface area contributed by atoms with E-state index in [1.165, 1.54) is 36.9 Å². The maximum Gasteiger partial charge on any atom is 0.0342 e. The number of rotatable bonds is 6. The molecule has 0 radical (unpaired) electrons. The zero-order valence-corrected chi connectivity index (χ0v) is 11.9. The van der Waals surface area contributed by atoms with Crippen LogP contribution in [0.15, 0.2) is 24.3 Å². The van der Waals surface area contributed by atoms with Gasteiger partial charge in [-0.05, 0) is 51.1 Å². The minimum atomic E-state index is 0.593. The number of benzene rings is 1. The zero-order valence-electron chi connectivity index (χ0n) is 11.9. The number of nitrogens with zero attached hydrogens (tertiary/aromatic N) is 1. The van der Waals surface area contributed by atoms with Gasteiger partial charge in [-0.3, -0.25) is 0 Å². The molecule has 1 aliphatic rings. The van der Waals surface area contributed by atoms with E-state index in [-0.39, 0.29) is 0 Å². The van der Waals surface area contributed by atoms with Crippen molar-refractivity contribution < 1.29 is 0 Å². The van der Waals surface area contributed by atoms with E-state index in [1.54, 1.807) is 0 Å². The molecule has 1 aromatic carbocycles. The lowest BCUT2D eigenvalue weighted by molar-refractivity contribution is 0.286. The summed E-state index contributed by atoms with van der Waals surface area (Å²) in [6.45, 7) is 3.31. The minimum Gasteiger partial charge on any atom is -0.383 e. The van der Waals surface area contributed by atoms with E-state index in [2.05, 4.69) is 55.5 Å². The summed E-state index contributed by atoms with van der Waals surface area (Å²) in [5.74, 6) is 0.973. The second kappa shape index (κ2) is 6.24. The number of nitrogens with one attached hydrogen (secondary N) is 1. The Balaban J connectivity index is 1.81. The second-order valence-electron chi connectivity index (χ2n) is 6.01. The number of anilines is 1. The SMILES string of the molecule is CC(CC1CCC1)Nc1ccc(CN(C)C)cc1. The van der Waals surface area contributed by atoms with Gasteiger partial charge in [-0.15, -0.1) is 0 Å². The highest BCUT2D eigenvalue weighted by molar-refractivity contribution is 5.45. The number of hydrogen-bond acceptors (Lipinski definition) is 2. The third kappa shape index (κ3) is 4.02. The summed E-state index contributed by atoms with van der Waals surface area (Å²) in [5, 5.41) is 3.61. The van der Waals surface area contributed by atoms with E-state index in [9.17, 15) is 0 Å². The van der Waals surface area contributed by atoms with Crippen molar-refractivity contribution in [3.05, 3.63) is 29.8 Å². The van der Waals surface area contributed by atoms with Gasteiger partial charge in [0.2, 0.25) is 0 Å². The van der Waals surface area contributed by atoms with Gasteiger partial charge in [0.15, 0.2) is 0 Å². The molecule has 0 spiro atoms. The van der Waals surface area contributed by atoms with Gasteiger partial charge in [0, 0.05) is 18.3 Å². The van der Waals surface area contributed by atoms with Crippen LogP contribution < -0.4 is 5.32 Å². The fourth-order valence-corrected chi connectivity index (χ4v) is 2.64. The second-order valence-corrected chi connectivity index (χ2v) is 6.01. The van der Waals surface area contributed by atoms with Gasteiger partial charge in [0.05, 0.1) is 0 Å². The van der Waals surface area contributed by atoms with Gasteiger partial charge < -0.3 is 10.2 Å². The molecule has 100 valence electrons. The summed E-state index contributed by atoms with van der Waals surface area (Å²) in [7, 11) is 4.21. The molecule has 1 saturated carbocycles. The fourth-order valence-electron chi connectivity index (χ4n) is 2.64. The quantitative estimate of drug-likeness (QED) is 0.822. The Bertz CT molecular complexity index is 352. The van der Waals surface area contributed by atoms with Crippen LogP contribution in [0, 0.1) is 5.92 Å². The van der Waals surface area contributed by atoms with Crippen molar-refractivity contribution in [3.63, 3.8) is 0 Å². The van der Waals surface area contributed by atoms with Crippen LogP contribution in [-0.2, 0) is 6.54 Å². The summed E-state index contributed by atoms with van der Waals surface area (Å²) in [4.78, 5) is 2.20. The van der Waals surface area contributed by atoms with Crippen molar-refractivity contribution in [3.8, 4) is 0 Å². The standard InChI is InChI=1S/C16H26N2/c1-13(11-14-5-4-6-14)17-16-9-7-15(8-10-16)12-18(2)3/h7-10,13-14,17H,4-6,11-12H2,1-3H3. The predicted octanol–water partition coefficient (Wildman–Crippen LogP) is 3.74. The van der Waals surface area contributed by atoms with Crippen molar-refractivity contribution >= 4 is 5.69 Å². The monoisotopic (exact) mass is 246 g/mol. The van der Waals surface area contributed by atoms with Crippen molar-refractivity contribution in [2.45, 2.75) is 45.2 Å². The average Bonchev–Trinajstić information content (AvgIpc) is 2.26. The topological polar surface area (TPSA) is 15.3 Å². The third-order valence-electron chi connectivity index (χ3n) is 3.78. The van der Waals surface area contributed by atoms with Crippen LogP contribution in [0.3, 0.4) is 0 Å². The molecule has 0 bridgehead atoms. The normalized spacial score (nSPS) is 17.6. The van der Waals surface area contributed by atoms with Crippen LogP contribution in [0.5, 0.6) is 0 Å². The molecule has 18 heavy (non-hydrogen) atoms. The maximum atomic E-state index is 3.61. The molecule has 0 heterocycles. The van der Waals surface area contributed by atoms with E-state index >= 15 is 0 Å². The molecule has 1 unspecified atom stereocenters. The van der Waals surface area contributed by atoms with Gasteiger partial charge in [0.1, 0.15) is 0 Å². The van der Waals surface area contributed by atoms with Crippen LogP contribution in [-0.4, -0.2) is 25.0 Å². The van der Waals surface area contributed by atoms with Crippen LogP contribution in [0.25, 0.3) is 0 Å². The van der Waals surface area contributed by atoms with Gasteiger partial charge in [0.25, 0.3) is 0 Å². The lowest BCUT2D eigenvalue weighted by atomic mass is 9.81. The first-order valence-electron chi connectivity index (χ1n) is 7.13. The Labute approximate surface area is 111 Å². The smallest absolute Gasteiger partial charge is 0.0342 e. The molecule has 1 aromatic rings. The van der Waals surface area contributed by atoms with Crippen LogP contribution in [0.2, 0.25) is 0 Å². The Hall–Kier alpha value is -1.02. The summed E-state index contributed by atoms with van der Waals surface area (Å²) in [6, 6.07) is 9.44. The summed E-state index contributed by atoms with van der Waals surface area (Å²) in [5.41, 5.74) is 2.63. The molecule has 0 aromatic heterocycles. The zero-order chi connectivity index (χ0) is 13.0. The maximum absolute atomic E-state index is 3.61. The van der Waals surface area contributed by atoms with Crippen LogP contribution in [0.4, 0.5) is 5.69 Å². The first kappa shape index (κ1) is 13.4. The van der Waals surface area contributed by atoms with E-state index in [4.69, 9.17) is 0 Å². The Morgan fingerprint density at radius 3 is 2.39 bits per heavy atom. The lowest BCUT2D eigenvalue weighted by Crippen LogP contribution is -2.23. The molecular formula is C16H26N2. The van der Waals surface area contributed by atoms with E-state index in [1.807, 2.05) is 0 Å². The molecule has 1 N–H and O–H groups in total. The minimum absolute atomic E-state index is 0.593. The Kier molecular flexibility index (Phi) is 4.65. The summed E-state index contributed by atoms with van der Waals surface area (Å²) >= 11 is 0. The van der Waals surface area contributed by atoms with E-state index in [0.29, 0.717) is 6.04 Å². The van der Waals surface area contributed by atoms with Crippen molar-refractivity contribution in [1.82, 2.24) is 4.90 Å². The largest absolute Gasteiger partial charge is 0.383 e. The highest BCUT2D eigenvalue weighted by Crippen LogP contribution is 2.31. The van der Waals surface area contributed by atoms with Crippen LogP contribution in [0.1, 0.15) is 38.2 Å². The van der Waals surface area contributed by atoms with Gasteiger partial charge in [-0.25, -0.2) is 0 Å². The van der Waals surface area contributed by atoms with Gasteiger partial charge >= 0.3 is 0 Å². The van der Waals surface area contributed by atoms with Crippen molar-refractivity contribution in [2.24, 2.45) is 5.92 Å². The first-order chi connectivity index (χ1) is 8.63. The third-order valence-corrected chi connectivity index (χ3v) is 3.78. The molecule has 0 amide bonds. The summed E-state index contributed by atoms with van der Waals surface area (Å²) in [6.07, 6.45) is 5.64. The molecule has 1 fully saturated rings. The van der Waals surface area contributed by atoms with Gasteiger partial charge in [-0.1, -0.05) is 31.4 Å². The van der Waals surface area contributed by atoms with Crippen molar-refractivity contribution in [1.29, 1.82) is 0 Å². The molecule has 2 nitrogen and oxygen atoms in total. The molecule has 0 saturated heterocycles. The Morgan fingerprint density at radius 1 is 1.22 bits per heavy atom. The average molecular weight is 246 g/mol. The highest BCUT2D eigenvalue weighted by Gasteiger charge is 2.19. The number of hydrogen-bond donors (Lipinski definition) is 1. The first-order valence-corrected chi connectivity index (χ1v) is 7.13. The van der Waals surface area contributed by atoms with Crippen LogP contribution >= 0.6 is 0 Å². The van der Waals surface area contributed by atoms with Crippen molar-refractivity contribution in [2.75, 3.05) is 19.4 Å². The molecule has 0 aliphatic heterocycles. The molecule has 1 atom stereocenters. The van der Waals surface area contributed by atoms with Gasteiger partial charge in [-0.2, -0.15) is 0 Å². The Morgan fingerprint density at radius 2 is 1.89 bits per heavy atom. The molecule has 2 rings (SSSR count). The lowest BCUT2D eigenvalue weighted by Gasteiger charge is -2.29. The molecule has 2 heteroatoms. The highest BCUT2D eigenvalue weighted by atomic mass is 15.0. The molecule has 1 aliphatic carbocycles.